The summed E-state index contributed by atoms with van der Waals surface area (Å²) in [5.41, 5.74) is 0.455. The third-order valence-corrected chi connectivity index (χ3v) is 4.60. The third kappa shape index (κ3) is 5.11. The molecule has 7 heteroatoms. The Morgan fingerprint density at radius 1 is 1.33 bits per heavy atom. The first-order valence-corrected chi connectivity index (χ1v) is 8.63. The molecule has 1 saturated heterocycles. The number of benzene rings is 1. The van der Waals surface area contributed by atoms with Gasteiger partial charge in [0.25, 0.3) is 0 Å². The highest BCUT2D eigenvalue weighted by atomic mass is 32.2. The molecule has 0 spiro atoms. The van der Waals surface area contributed by atoms with Crippen LogP contribution >= 0.6 is 0 Å². The number of carbonyl (C=O) groups is 1. The maximum atomic E-state index is 11.9. The van der Waals surface area contributed by atoms with Gasteiger partial charge in [0, 0.05) is 12.1 Å². The Morgan fingerprint density at radius 2 is 2.05 bits per heavy atom. The van der Waals surface area contributed by atoms with E-state index in [9.17, 15) is 13.2 Å². The Hall–Kier alpha value is -1.44. The average molecular weight is 311 g/mol. The molecule has 21 heavy (non-hydrogen) atoms. The Morgan fingerprint density at radius 3 is 2.71 bits per heavy atom. The molecule has 0 unspecified atom stereocenters. The third-order valence-electron chi connectivity index (χ3n) is 3.68. The molecule has 0 atom stereocenters. The van der Waals surface area contributed by atoms with Crippen molar-refractivity contribution < 1.29 is 13.2 Å². The molecule has 1 amide bonds. The van der Waals surface area contributed by atoms with Gasteiger partial charge in [0.1, 0.15) is 0 Å². The number of nitrogens with two attached hydrogens (primary N) is 1. The standard InChI is InChI=1S/C14H21N3O3S/c15-21(19,20)13-3-1-2-12(10-13)17-14(18)5-4-11-6-8-16-9-7-11/h1-3,10-11,16H,4-9H2,(H,17,18)(H2,15,19,20). The van der Waals surface area contributed by atoms with Crippen LogP contribution < -0.4 is 15.8 Å². The van der Waals surface area contributed by atoms with E-state index in [2.05, 4.69) is 10.6 Å². The number of hydrogen-bond donors (Lipinski definition) is 3. The van der Waals surface area contributed by atoms with Crippen molar-refractivity contribution in [3.05, 3.63) is 24.3 Å². The van der Waals surface area contributed by atoms with Crippen molar-refractivity contribution in [1.29, 1.82) is 0 Å². The maximum Gasteiger partial charge on any atom is 0.238 e. The largest absolute Gasteiger partial charge is 0.326 e. The van der Waals surface area contributed by atoms with Crippen molar-refractivity contribution in [2.75, 3.05) is 18.4 Å². The molecule has 1 aliphatic heterocycles. The van der Waals surface area contributed by atoms with E-state index >= 15 is 0 Å². The fourth-order valence-electron chi connectivity index (χ4n) is 2.48. The van der Waals surface area contributed by atoms with Gasteiger partial charge in [0.05, 0.1) is 4.90 Å². The fourth-order valence-corrected chi connectivity index (χ4v) is 3.04. The van der Waals surface area contributed by atoms with Crippen molar-refractivity contribution in [2.45, 2.75) is 30.6 Å². The Labute approximate surface area is 125 Å². The summed E-state index contributed by atoms with van der Waals surface area (Å²) in [6.07, 6.45) is 3.52. The SMILES string of the molecule is NS(=O)(=O)c1cccc(NC(=O)CCC2CCNCC2)c1. The van der Waals surface area contributed by atoms with Crippen LogP contribution in [0.25, 0.3) is 0 Å². The molecule has 1 heterocycles. The van der Waals surface area contributed by atoms with Gasteiger partial charge in [-0.1, -0.05) is 6.07 Å². The molecule has 0 saturated carbocycles. The van der Waals surface area contributed by atoms with Gasteiger partial charge in [-0.3, -0.25) is 4.79 Å². The van der Waals surface area contributed by atoms with Gasteiger partial charge < -0.3 is 10.6 Å². The zero-order chi connectivity index (χ0) is 15.3. The number of hydrogen-bond acceptors (Lipinski definition) is 4. The summed E-state index contributed by atoms with van der Waals surface area (Å²) in [6, 6.07) is 5.98. The van der Waals surface area contributed by atoms with Crippen LogP contribution in [0.2, 0.25) is 0 Å². The highest BCUT2D eigenvalue weighted by molar-refractivity contribution is 7.89. The fraction of sp³-hybridized carbons (Fsp3) is 0.500. The van der Waals surface area contributed by atoms with E-state index in [4.69, 9.17) is 5.14 Å². The monoisotopic (exact) mass is 311 g/mol. The molecule has 1 aliphatic rings. The lowest BCUT2D eigenvalue weighted by atomic mass is 9.93. The topological polar surface area (TPSA) is 101 Å². The molecule has 6 nitrogen and oxygen atoms in total. The van der Waals surface area contributed by atoms with Gasteiger partial charge in [0.15, 0.2) is 0 Å². The lowest BCUT2D eigenvalue weighted by Crippen LogP contribution is -2.28. The molecule has 0 bridgehead atoms. The van der Waals surface area contributed by atoms with Crippen LogP contribution in [-0.2, 0) is 14.8 Å². The molecule has 4 N–H and O–H groups in total. The number of carbonyl (C=O) groups excluding carboxylic acids is 1. The van der Waals surface area contributed by atoms with Gasteiger partial charge in [-0.25, -0.2) is 13.6 Å². The summed E-state index contributed by atoms with van der Waals surface area (Å²) in [6.45, 7) is 2.03. The summed E-state index contributed by atoms with van der Waals surface area (Å²) < 4.78 is 22.5. The van der Waals surface area contributed by atoms with Crippen molar-refractivity contribution in [1.82, 2.24) is 5.32 Å². The molecular weight excluding hydrogens is 290 g/mol. The Bertz CT molecular complexity index is 595. The van der Waals surface area contributed by atoms with Crippen LogP contribution in [-0.4, -0.2) is 27.4 Å². The van der Waals surface area contributed by atoms with Crippen LogP contribution in [0.5, 0.6) is 0 Å². The van der Waals surface area contributed by atoms with Gasteiger partial charge in [-0.05, 0) is 56.5 Å². The number of rotatable bonds is 5. The number of piperidine rings is 1. The second-order valence-corrected chi connectivity index (χ2v) is 6.91. The highest BCUT2D eigenvalue weighted by Gasteiger charge is 2.15. The lowest BCUT2D eigenvalue weighted by Gasteiger charge is -2.22. The quantitative estimate of drug-likeness (QED) is 0.756. The first-order valence-electron chi connectivity index (χ1n) is 7.08. The predicted octanol–water partition coefficient (Wildman–Crippen LogP) is 1.05. The smallest absolute Gasteiger partial charge is 0.238 e. The second-order valence-electron chi connectivity index (χ2n) is 5.35. The summed E-state index contributed by atoms with van der Waals surface area (Å²) in [7, 11) is -3.75. The summed E-state index contributed by atoms with van der Waals surface area (Å²) in [5.74, 6) is 0.493. The molecule has 1 aromatic carbocycles. The zero-order valence-electron chi connectivity index (χ0n) is 11.8. The zero-order valence-corrected chi connectivity index (χ0v) is 12.7. The van der Waals surface area contributed by atoms with Crippen LogP contribution in [0.3, 0.4) is 0 Å². The van der Waals surface area contributed by atoms with Gasteiger partial charge >= 0.3 is 0 Å². The molecular formula is C14H21N3O3S. The lowest BCUT2D eigenvalue weighted by molar-refractivity contribution is -0.116. The minimum absolute atomic E-state index is 0.00125. The van der Waals surface area contributed by atoms with E-state index in [1.165, 1.54) is 12.1 Å². The van der Waals surface area contributed by atoms with Crippen LogP contribution in [0, 0.1) is 5.92 Å². The number of nitrogens with one attached hydrogen (secondary N) is 2. The minimum atomic E-state index is -3.75. The van der Waals surface area contributed by atoms with E-state index in [-0.39, 0.29) is 10.8 Å². The van der Waals surface area contributed by atoms with Crippen LogP contribution in [0.4, 0.5) is 5.69 Å². The molecule has 2 rings (SSSR count). The van der Waals surface area contributed by atoms with Gasteiger partial charge in [0.2, 0.25) is 15.9 Å². The number of primary sulfonamides is 1. The van der Waals surface area contributed by atoms with E-state index < -0.39 is 10.0 Å². The molecule has 1 fully saturated rings. The molecule has 1 aromatic rings. The van der Waals surface area contributed by atoms with Crippen molar-refractivity contribution in [2.24, 2.45) is 11.1 Å². The minimum Gasteiger partial charge on any atom is -0.326 e. The van der Waals surface area contributed by atoms with E-state index in [1.54, 1.807) is 12.1 Å². The van der Waals surface area contributed by atoms with E-state index in [0.29, 0.717) is 18.0 Å². The molecule has 116 valence electrons. The van der Waals surface area contributed by atoms with E-state index in [1.807, 2.05) is 0 Å². The Balaban J connectivity index is 1.87. The van der Waals surface area contributed by atoms with Gasteiger partial charge in [-0.2, -0.15) is 0 Å². The van der Waals surface area contributed by atoms with Crippen LogP contribution in [0.1, 0.15) is 25.7 Å². The van der Waals surface area contributed by atoms with Crippen LogP contribution in [0.15, 0.2) is 29.2 Å². The number of sulfonamides is 1. The van der Waals surface area contributed by atoms with E-state index in [0.717, 1.165) is 32.4 Å². The highest BCUT2D eigenvalue weighted by Crippen LogP contribution is 2.19. The summed E-state index contributed by atoms with van der Waals surface area (Å²) >= 11 is 0. The number of anilines is 1. The predicted molar refractivity (Wildman–Crippen MR) is 81.3 cm³/mol. The first kappa shape index (κ1) is 15.9. The molecule has 0 radical (unpaired) electrons. The van der Waals surface area contributed by atoms with Crippen molar-refractivity contribution in [3.63, 3.8) is 0 Å². The molecule has 0 aromatic heterocycles. The summed E-state index contributed by atoms with van der Waals surface area (Å²) in [4.78, 5) is 11.9. The van der Waals surface area contributed by atoms with Gasteiger partial charge in [-0.15, -0.1) is 0 Å². The van der Waals surface area contributed by atoms with Crippen molar-refractivity contribution >= 4 is 21.6 Å². The normalized spacial score (nSPS) is 16.6. The van der Waals surface area contributed by atoms with Crippen molar-refractivity contribution in [3.8, 4) is 0 Å². The Kier molecular flexibility index (Phi) is 5.33. The first-order chi connectivity index (χ1) is 9.95. The average Bonchev–Trinajstić information content (AvgIpc) is 2.46. The summed E-state index contributed by atoms with van der Waals surface area (Å²) in [5, 5.41) is 11.1. The number of amides is 1. The second kappa shape index (κ2) is 7.02. The maximum absolute atomic E-state index is 11.9. The molecule has 0 aliphatic carbocycles.